The summed E-state index contributed by atoms with van der Waals surface area (Å²) in [6, 6.07) is 0. The Hall–Kier alpha value is 1.29. The Bertz CT molecular complexity index is 180. The minimum absolute atomic E-state index is 0. The Balaban J connectivity index is -0.000000140. The van der Waals surface area contributed by atoms with Gasteiger partial charge in [-0.1, -0.05) is 0 Å². The summed E-state index contributed by atoms with van der Waals surface area (Å²) in [7, 11) is -7.87. The van der Waals surface area contributed by atoms with E-state index in [2.05, 4.69) is 0 Å². The zero-order valence-corrected chi connectivity index (χ0v) is 9.65. The minimum atomic E-state index is -4.71. The maximum Gasteiger partial charge on any atom is 1.00 e. The van der Waals surface area contributed by atoms with Crippen molar-refractivity contribution in [2.24, 2.45) is 0 Å². The minimum Gasteiger partial charge on any atom is -0.776 e. The molecule has 1 unspecified atom stereocenters. The topological polar surface area (TPSA) is 135 Å². The molecule has 0 aromatic heterocycles. The van der Waals surface area contributed by atoms with Gasteiger partial charge in [-0.25, -0.2) is 4.21 Å². The van der Waals surface area contributed by atoms with Gasteiger partial charge in [0.15, 0.2) is 0 Å². The van der Waals surface area contributed by atoms with E-state index in [1.807, 2.05) is 0 Å². The van der Waals surface area contributed by atoms with Crippen LogP contribution in [0, 0.1) is 0 Å². The molecule has 0 amide bonds. The molecule has 0 aliphatic heterocycles. The van der Waals surface area contributed by atoms with Gasteiger partial charge in [0.05, 0.1) is 0 Å². The second kappa shape index (κ2) is 9.38. The van der Waals surface area contributed by atoms with Crippen LogP contribution in [0.1, 0.15) is 0 Å². The van der Waals surface area contributed by atoms with Crippen molar-refractivity contribution < 1.29 is 60.4 Å². The van der Waals surface area contributed by atoms with Crippen LogP contribution in [0.3, 0.4) is 0 Å². The standard InChI is InChI=1S/Na.H2O5S2.H2O2S/c;1-6(2)7(3,4)5;1-3-2/h;(H,1,2)(H,3,4,5);1-2H/q+1;;/p-1. The molecule has 64 valence electrons. The average Bonchev–Trinajstić information content (AvgIpc) is 1.64. The van der Waals surface area contributed by atoms with Crippen LogP contribution in [0.25, 0.3) is 0 Å². The molecule has 11 heavy (non-hydrogen) atoms. The fourth-order valence-corrected chi connectivity index (χ4v) is 0. The van der Waals surface area contributed by atoms with Crippen molar-refractivity contribution in [1.82, 2.24) is 0 Å². The molecule has 0 rings (SSSR count). The molecule has 0 saturated heterocycles. The van der Waals surface area contributed by atoms with E-state index < -0.39 is 31.6 Å². The second-order valence-corrected chi connectivity index (χ2v) is 4.28. The first-order valence-electron chi connectivity index (χ1n) is 1.38. The molecule has 0 aliphatic rings. The molecule has 0 bridgehead atoms. The van der Waals surface area contributed by atoms with Crippen molar-refractivity contribution in [2.45, 2.75) is 0 Å². The summed E-state index contributed by atoms with van der Waals surface area (Å²) in [4.78, 5) is 0. The molecular weight excluding hydrogens is 231 g/mol. The van der Waals surface area contributed by atoms with E-state index in [1.54, 1.807) is 0 Å². The Kier molecular flexibility index (Phi) is 15.5. The molecule has 11 heteroatoms. The maximum absolute atomic E-state index is 9.34. The van der Waals surface area contributed by atoms with E-state index in [9.17, 15) is 12.6 Å². The SMILES string of the molecule is O=S(O)S(=O)(=O)O.[Na+].[O-]SO. The molecule has 3 N–H and O–H groups in total. The van der Waals surface area contributed by atoms with Gasteiger partial charge >= 0.3 is 48.8 Å². The van der Waals surface area contributed by atoms with Gasteiger partial charge in [0.1, 0.15) is 0 Å². The summed E-state index contributed by atoms with van der Waals surface area (Å²) in [5.74, 6) is 0. The summed E-state index contributed by atoms with van der Waals surface area (Å²) in [5, 5.41) is 0. The van der Waals surface area contributed by atoms with Gasteiger partial charge in [-0.15, -0.1) is 12.3 Å². The van der Waals surface area contributed by atoms with Crippen LogP contribution in [0.5, 0.6) is 0 Å². The van der Waals surface area contributed by atoms with Crippen LogP contribution in [-0.2, 0) is 19.3 Å². The first-order chi connectivity index (χ1) is 4.36. The predicted molar refractivity (Wildman–Crippen MR) is 33.3 cm³/mol. The summed E-state index contributed by atoms with van der Waals surface area (Å²) in [6.45, 7) is 0. The second-order valence-electron chi connectivity index (χ2n) is 0.719. The van der Waals surface area contributed by atoms with Gasteiger partial charge < -0.3 is 9.11 Å². The zero-order chi connectivity index (χ0) is 8.78. The Morgan fingerprint density at radius 3 is 1.55 bits per heavy atom. The third kappa shape index (κ3) is 18.3. The van der Waals surface area contributed by atoms with E-state index in [1.165, 1.54) is 0 Å². The fourth-order valence-electron chi connectivity index (χ4n) is 0. The first kappa shape index (κ1) is 18.2. The molecule has 0 fully saturated rings. The molecule has 0 aromatic carbocycles. The number of hydrogen-bond acceptors (Lipinski definition) is 6. The van der Waals surface area contributed by atoms with Gasteiger partial charge in [-0.05, 0) is 0 Å². The van der Waals surface area contributed by atoms with Crippen molar-refractivity contribution in [3.05, 3.63) is 0 Å². The quantitative estimate of drug-likeness (QED) is 0.139. The molecule has 7 nitrogen and oxygen atoms in total. The van der Waals surface area contributed by atoms with E-state index in [0.29, 0.717) is 0 Å². The number of hydrogen-bond donors (Lipinski definition) is 3. The van der Waals surface area contributed by atoms with Crippen molar-refractivity contribution in [3.8, 4) is 0 Å². The Morgan fingerprint density at radius 1 is 1.45 bits per heavy atom. The Labute approximate surface area is 91.3 Å². The molecule has 1 atom stereocenters. The molecule has 0 aliphatic carbocycles. The average molecular weight is 234 g/mol. The van der Waals surface area contributed by atoms with Crippen LogP contribution in [0.2, 0.25) is 0 Å². The Morgan fingerprint density at radius 2 is 1.55 bits per heavy atom. The van der Waals surface area contributed by atoms with E-state index >= 15 is 0 Å². The predicted octanol–water partition coefficient (Wildman–Crippen LogP) is -3.66. The molecule has 0 heterocycles. The zero-order valence-electron chi connectivity index (χ0n) is 5.20. The monoisotopic (exact) mass is 234 g/mol. The van der Waals surface area contributed by atoms with Crippen molar-refractivity contribution in [1.29, 1.82) is 0 Å². The van der Waals surface area contributed by atoms with E-state index in [0.717, 1.165) is 0 Å². The largest absolute Gasteiger partial charge is 1.00 e. The van der Waals surface area contributed by atoms with E-state index in [-0.39, 0.29) is 29.6 Å². The molecule has 0 spiro atoms. The van der Waals surface area contributed by atoms with Crippen molar-refractivity contribution >= 4 is 31.6 Å². The van der Waals surface area contributed by atoms with Gasteiger partial charge in [0.25, 0.3) is 0 Å². The first-order valence-corrected chi connectivity index (χ1v) is 5.14. The van der Waals surface area contributed by atoms with Crippen LogP contribution in [0.4, 0.5) is 0 Å². The molecular formula is H3NaO7S3. The number of rotatable bonds is 1. The van der Waals surface area contributed by atoms with Crippen molar-refractivity contribution in [3.63, 3.8) is 0 Å². The molecule has 0 saturated carbocycles. The summed E-state index contributed by atoms with van der Waals surface area (Å²) in [6.07, 6.45) is 0. The summed E-state index contributed by atoms with van der Waals surface area (Å²) in [5.41, 5.74) is 0. The third-order valence-corrected chi connectivity index (χ3v) is 1.62. The maximum atomic E-state index is 9.34. The smallest absolute Gasteiger partial charge is 0.776 e. The molecule has 0 radical (unpaired) electrons. The normalized spacial score (nSPS) is 12.0. The van der Waals surface area contributed by atoms with Crippen LogP contribution < -0.4 is 29.6 Å². The van der Waals surface area contributed by atoms with Crippen molar-refractivity contribution in [2.75, 3.05) is 0 Å². The van der Waals surface area contributed by atoms with Gasteiger partial charge in [0.2, 0.25) is 0 Å². The van der Waals surface area contributed by atoms with Gasteiger partial charge in [-0.2, -0.15) is 8.42 Å². The molecule has 0 aromatic rings. The van der Waals surface area contributed by atoms with Crippen LogP contribution in [-0.4, -0.2) is 30.8 Å². The third-order valence-electron chi connectivity index (χ3n) is 0.180. The summed E-state index contributed by atoms with van der Waals surface area (Å²) < 4.78 is 58.3. The van der Waals surface area contributed by atoms with E-state index in [4.69, 9.17) is 18.2 Å². The van der Waals surface area contributed by atoms with Crippen LogP contribution >= 0.6 is 12.3 Å². The van der Waals surface area contributed by atoms with Crippen LogP contribution in [0.15, 0.2) is 0 Å². The summed E-state index contributed by atoms with van der Waals surface area (Å²) >= 11 is -0.500. The fraction of sp³-hybridized carbons (Fsp3) is 0. The van der Waals surface area contributed by atoms with Gasteiger partial charge in [-0.3, -0.25) is 9.11 Å². The van der Waals surface area contributed by atoms with Gasteiger partial charge in [0, 0.05) is 0 Å².